The van der Waals surface area contributed by atoms with Crippen LogP contribution in [0.25, 0.3) is 0 Å². The molecule has 0 aliphatic rings. The Morgan fingerprint density at radius 2 is 2.00 bits per heavy atom. The van der Waals surface area contributed by atoms with Crippen LogP contribution in [0.5, 0.6) is 0 Å². The molecule has 18 heavy (non-hydrogen) atoms. The fourth-order valence-electron chi connectivity index (χ4n) is 1.36. The lowest BCUT2D eigenvalue weighted by atomic mass is 10.2. The summed E-state index contributed by atoms with van der Waals surface area (Å²) in [6.07, 6.45) is 0. The number of hydrogen-bond donors (Lipinski definition) is 2. The Hall–Kier alpha value is -2.31. The first-order valence-corrected chi connectivity index (χ1v) is 5.13. The number of nitrogens with one attached hydrogen (secondary N) is 2. The molecule has 2 N–H and O–H groups in total. The number of hydrogen-bond acceptors (Lipinski definition) is 3. The highest BCUT2D eigenvalue weighted by atomic mass is 19.1. The number of carbonyl (C=O) groups excluding carboxylic acids is 1. The zero-order valence-electron chi connectivity index (χ0n) is 9.71. The zero-order valence-corrected chi connectivity index (χ0v) is 9.71. The topological polar surface area (TPSA) is 70.7 Å². The summed E-state index contributed by atoms with van der Waals surface area (Å²) >= 11 is 0. The molecule has 2 aromatic rings. The molecule has 0 unspecified atom stereocenters. The molecule has 1 aromatic carbocycles. The highest BCUT2D eigenvalue weighted by molar-refractivity contribution is 6.01. The van der Waals surface area contributed by atoms with Gasteiger partial charge in [0.15, 0.2) is 0 Å². The minimum atomic E-state index is -0.713. The molecular weight excluding hydrogens is 242 g/mol. The van der Waals surface area contributed by atoms with Crippen molar-refractivity contribution in [1.82, 2.24) is 15.2 Å². The molecule has 1 amide bonds. The Labute approximate surface area is 101 Å². The van der Waals surface area contributed by atoms with E-state index in [4.69, 9.17) is 0 Å². The van der Waals surface area contributed by atoms with Crippen LogP contribution in [0.1, 0.15) is 22.0 Å². The van der Waals surface area contributed by atoms with Gasteiger partial charge in [0.1, 0.15) is 17.5 Å². The Balaban J connectivity index is 2.24. The van der Waals surface area contributed by atoms with Crippen LogP contribution in [0.15, 0.2) is 12.1 Å². The van der Waals surface area contributed by atoms with Gasteiger partial charge in [-0.1, -0.05) is 0 Å². The van der Waals surface area contributed by atoms with Gasteiger partial charge < -0.3 is 5.32 Å². The van der Waals surface area contributed by atoms with Crippen molar-refractivity contribution in [3.05, 3.63) is 41.0 Å². The quantitative estimate of drug-likeness (QED) is 0.858. The molecule has 0 radical (unpaired) electrons. The van der Waals surface area contributed by atoms with E-state index in [-0.39, 0.29) is 17.1 Å². The van der Waals surface area contributed by atoms with E-state index in [0.717, 1.165) is 12.1 Å². The number of aromatic nitrogens is 3. The van der Waals surface area contributed by atoms with Gasteiger partial charge in [-0.2, -0.15) is 0 Å². The van der Waals surface area contributed by atoms with Crippen LogP contribution in [-0.4, -0.2) is 21.1 Å². The minimum Gasteiger partial charge on any atom is -0.317 e. The highest BCUT2D eigenvalue weighted by Gasteiger charge is 2.15. The number of anilines is 1. The summed E-state index contributed by atoms with van der Waals surface area (Å²) in [5.74, 6) is -1.70. The highest BCUT2D eigenvalue weighted by Crippen LogP contribution is 2.19. The third-order valence-electron chi connectivity index (χ3n) is 2.30. The molecule has 0 saturated carbocycles. The smallest absolute Gasteiger partial charge is 0.295 e. The van der Waals surface area contributed by atoms with Gasteiger partial charge in [0, 0.05) is 6.07 Å². The van der Waals surface area contributed by atoms with Crippen LogP contribution in [0, 0.1) is 25.5 Å². The number of carbonyl (C=O) groups is 1. The van der Waals surface area contributed by atoms with Gasteiger partial charge in [-0.15, -0.1) is 5.10 Å². The molecule has 0 bridgehead atoms. The maximum absolute atomic E-state index is 13.5. The van der Waals surface area contributed by atoms with Crippen molar-refractivity contribution < 1.29 is 13.6 Å². The largest absolute Gasteiger partial charge is 0.317 e. The summed E-state index contributed by atoms with van der Waals surface area (Å²) in [7, 11) is 0. The van der Waals surface area contributed by atoms with Gasteiger partial charge in [-0.05, 0) is 25.5 Å². The normalized spacial score (nSPS) is 10.4. The summed E-state index contributed by atoms with van der Waals surface area (Å²) < 4.78 is 26.7. The predicted octanol–water partition coefficient (Wildman–Crippen LogP) is 1.95. The van der Waals surface area contributed by atoms with E-state index in [1.807, 2.05) is 0 Å². The molecule has 7 heteroatoms. The summed E-state index contributed by atoms with van der Waals surface area (Å²) in [6, 6.07) is 1.93. The predicted molar refractivity (Wildman–Crippen MR) is 60.2 cm³/mol. The summed E-state index contributed by atoms with van der Waals surface area (Å²) in [6.45, 7) is 3.05. The Kier molecular flexibility index (Phi) is 3.05. The summed E-state index contributed by atoms with van der Waals surface area (Å²) in [4.78, 5) is 15.4. The Morgan fingerprint density at radius 1 is 1.28 bits per heavy atom. The molecule has 1 heterocycles. The second-order valence-corrected chi connectivity index (χ2v) is 3.78. The molecule has 0 fully saturated rings. The average molecular weight is 252 g/mol. The van der Waals surface area contributed by atoms with Crippen LogP contribution in [0.2, 0.25) is 0 Å². The number of halogens is 2. The molecule has 0 saturated heterocycles. The SMILES string of the molecule is Cc1nc(C(=O)Nc2cc(F)c(C)cc2F)n[nH]1. The van der Waals surface area contributed by atoms with Gasteiger partial charge in [0.2, 0.25) is 5.82 Å². The molecule has 1 aromatic heterocycles. The molecular formula is C11H10F2N4O. The van der Waals surface area contributed by atoms with Crippen LogP contribution in [0.4, 0.5) is 14.5 Å². The van der Waals surface area contributed by atoms with Crippen molar-refractivity contribution in [1.29, 1.82) is 0 Å². The number of aryl methyl sites for hydroxylation is 2. The second-order valence-electron chi connectivity index (χ2n) is 3.78. The zero-order chi connectivity index (χ0) is 13.3. The van der Waals surface area contributed by atoms with Crippen molar-refractivity contribution in [3.8, 4) is 0 Å². The fourth-order valence-corrected chi connectivity index (χ4v) is 1.36. The monoisotopic (exact) mass is 252 g/mol. The maximum atomic E-state index is 13.5. The van der Waals surface area contributed by atoms with Crippen molar-refractivity contribution >= 4 is 11.6 Å². The standard InChI is InChI=1S/C11H10F2N4O/c1-5-3-8(13)9(4-7(5)12)15-11(18)10-14-6(2)16-17-10/h3-4H,1-2H3,(H,15,18)(H,14,16,17). The summed E-state index contributed by atoms with van der Waals surface area (Å²) in [5, 5.41) is 8.31. The molecule has 2 rings (SSSR count). The van der Waals surface area contributed by atoms with E-state index in [1.165, 1.54) is 6.92 Å². The lowest BCUT2D eigenvalue weighted by molar-refractivity contribution is 0.101. The molecule has 0 aliphatic heterocycles. The van der Waals surface area contributed by atoms with Crippen LogP contribution < -0.4 is 5.32 Å². The van der Waals surface area contributed by atoms with Gasteiger partial charge in [-0.25, -0.2) is 13.8 Å². The fraction of sp³-hybridized carbons (Fsp3) is 0.182. The van der Waals surface area contributed by atoms with Gasteiger partial charge in [0.25, 0.3) is 5.91 Å². The minimum absolute atomic E-state index is 0.132. The van der Waals surface area contributed by atoms with Gasteiger partial charge in [0.05, 0.1) is 5.69 Å². The summed E-state index contributed by atoms with van der Waals surface area (Å²) in [5.41, 5.74) is -0.0789. The Bertz CT molecular complexity index is 609. The second kappa shape index (κ2) is 4.52. The molecule has 94 valence electrons. The van der Waals surface area contributed by atoms with E-state index in [2.05, 4.69) is 20.5 Å². The van der Waals surface area contributed by atoms with Crippen LogP contribution in [0.3, 0.4) is 0 Å². The van der Waals surface area contributed by atoms with E-state index >= 15 is 0 Å². The van der Waals surface area contributed by atoms with E-state index in [0.29, 0.717) is 5.82 Å². The number of amides is 1. The number of nitrogens with zero attached hydrogens (tertiary/aromatic N) is 2. The maximum Gasteiger partial charge on any atom is 0.295 e. The number of aromatic amines is 1. The number of benzene rings is 1. The van der Waals surface area contributed by atoms with Crippen molar-refractivity contribution in [3.63, 3.8) is 0 Å². The van der Waals surface area contributed by atoms with Gasteiger partial charge >= 0.3 is 0 Å². The molecule has 5 nitrogen and oxygen atoms in total. The first-order valence-electron chi connectivity index (χ1n) is 5.13. The average Bonchev–Trinajstić information content (AvgIpc) is 2.73. The lowest BCUT2D eigenvalue weighted by Gasteiger charge is -2.05. The number of H-pyrrole nitrogens is 1. The third-order valence-corrected chi connectivity index (χ3v) is 2.30. The van der Waals surface area contributed by atoms with E-state index in [9.17, 15) is 13.6 Å². The number of rotatable bonds is 2. The van der Waals surface area contributed by atoms with Crippen LogP contribution >= 0.6 is 0 Å². The lowest BCUT2D eigenvalue weighted by Crippen LogP contribution is -2.15. The van der Waals surface area contributed by atoms with Crippen LogP contribution in [-0.2, 0) is 0 Å². The van der Waals surface area contributed by atoms with Gasteiger partial charge in [-0.3, -0.25) is 9.89 Å². The third kappa shape index (κ3) is 2.34. The van der Waals surface area contributed by atoms with Crippen molar-refractivity contribution in [2.75, 3.05) is 5.32 Å². The van der Waals surface area contributed by atoms with E-state index < -0.39 is 17.5 Å². The van der Waals surface area contributed by atoms with Crippen molar-refractivity contribution in [2.24, 2.45) is 0 Å². The first-order chi connectivity index (χ1) is 8.47. The molecule has 0 aliphatic carbocycles. The van der Waals surface area contributed by atoms with E-state index in [1.54, 1.807) is 6.92 Å². The van der Waals surface area contributed by atoms with Crippen molar-refractivity contribution in [2.45, 2.75) is 13.8 Å². The molecule has 0 spiro atoms. The Morgan fingerprint density at radius 3 is 2.61 bits per heavy atom. The molecule has 0 atom stereocenters. The first kappa shape index (κ1) is 12.2.